The summed E-state index contributed by atoms with van der Waals surface area (Å²) in [6.07, 6.45) is 4.47. The van der Waals surface area contributed by atoms with Gasteiger partial charge in [0.05, 0.1) is 15.7 Å². The standard InChI is InChI=1S/C17H20Cl2N2O2/c1-10-5-13(23-21-10)8-12-3-2-4-16(12)20-9-11-6-14(18)17(22)15(19)7-11/h5-7,12,16,20,22H,2-4,8-9H2,1H3/t12-,16+/m0/s1. The summed E-state index contributed by atoms with van der Waals surface area (Å²) in [7, 11) is 0. The van der Waals surface area contributed by atoms with E-state index in [-0.39, 0.29) is 15.8 Å². The Morgan fingerprint density at radius 3 is 2.65 bits per heavy atom. The van der Waals surface area contributed by atoms with Gasteiger partial charge >= 0.3 is 0 Å². The lowest BCUT2D eigenvalue weighted by molar-refractivity contribution is 0.329. The van der Waals surface area contributed by atoms with E-state index in [0.29, 0.717) is 18.5 Å². The quantitative estimate of drug-likeness (QED) is 0.829. The highest BCUT2D eigenvalue weighted by atomic mass is 35.5. The van der Waals surface area contributed by atoms with Gasteiger partial charge in [0.2, 0.25) is 0 Å². The molecule has 1 aromatic carbocycles. The van der Waals surface area contributed by atoms with Gasteiger partial charge in [-0.2, -0.15) is 0 Å². The van der Waals surface area contributed by atoms with Gasteiger partial charge in [0, 0.05) is 25.1 Å². The predicted molar refractivity (Wildman–Crippen MR) is 91.0 cm³/mol. The number of hydrogen-bond acceptors (Lipinski definition) is 4. The first-order chi connectivity index (χ1) is 11.0. The summed E-state index contributed by atoms with van der Waals surface area (Å²) in [6.45, 7) is 2.62. The van der Waals surface area contributed by atoms with Gasteiger partial charge in [-0.05, 0) is 43.4 Å². The number of hydrogen-bond donors (Lipinski definition) is 2. The summed E-state index contributed by atoms with van der Waals surface area (Å²) in [5, 5.41) is 17.7. The fourth-order valence-corrected chi connectivity index (χ4v) is 3.82. The van der Waals surface area contributed by atoms with Crippen molar-refractivity contribution in [3.05, 3.63) is 45.3 Å². The molecule has 23 heavy (non-hydrogen) atoms. The van der Waals surface area contributed by atoms with Crippen molar-refractivity contribution >= 4 is 23.2 Å². The molecular weight excluding hydrogens is 335 g/mol. The van der Waals surface area contributed by atoms with Crippen LogP contribution in [0, 0.1) is 12.8 Å². The lowest BCUT2D eigenvalue weighted by atomic mass is 9.97. The maximum absolute atomic E-state index is 9.62. The van der Waals surface area contributed by atoms with Gasteiger partial charge in [-0.3, -0.25) is 0 Å². The Morgan fingerprint density at radius 1 is 1.26 bits per heavy atom. The molecule has 6 heteroatoms. The van der Waals surface area contributed by atoms with E-state index < -0.39 is 0 Å². The summed E-state index contributed by atoms with van der Waals surface area (Å²) < 4.78 is 5.34. The van der Waals surface area contributed by atoms with Gasteiger partial charge < -0.3 is 14.9 Å². The minimum atomic E-state index is -0.0588. The van der Waals surface area contributed by atoms with Gasteiger partial charge in [0.1, 0.15) is 5.76 Å². The van der Waals surface area contributed by atoms with Gasteiger partial charge in [-0.25, -0.2) is 0 Å². The minimum absolute atomic E-state index is 0.0588. The molecule has 0 amide bonds. The third-order valence-electron chi connectivity index (χ3n) is 4.44. The third-order valence-corrected chi connectivity index (χ3v) is 5.02. The summed E-state index contributed by atoms with van der Waals surface area (Å²) in [4.78, 5) is 0. The fraction of sp³-hybridized carbons (Fsp3) is 0.471. The molecule has 4 nitrogen and oxygen atoms in total. The van der Waals surface area contributed by atoms with E-state index in [4.69, 9.17) is 27.7 Å². The van der Waals surface area contributed by atoms with Crippen LogP contribution in [0.15, 0.2) is 22.7 Å². The molecule has 0 spiro atoms. The van der Waals surface area contributed by atoms with Crippen LogP contribution in [-0.2, 0) is 13.0 Å². The largest absolute Gasteiger partial charge is 0.505 e. The average molecular weight is 355 g/mol. The predicted octanol–water partition coefficient (Wildman–Crippen LogP) is 4.50. The molecule has 2 atom stereocenters. The van der Waals surface area contributed by atoms with Crippen LogP contribution in [0.5, 0.6) is 5.75 Å². The number of phenols is 1. The highest BCUT2D eigenvalue weighted by Gasteiger charge is 2.28. The molecule has 1 aliphatic rings. The number of benzene rings is 1. The number of nitrogens with zero attached hydrogens (tertiary/aromatic N) is 1. The number of halogens is 2. The van der Waals surface area contributed by atoms with E-state index >= 15 is 0 Å². The number of rotatable bonds is 5. The summed E-state index contributed by atoms with van der Waals surface area (Å²) in [6, 6.07) is 5.94. The zero-order valence-corrected chi connectivity index (χ0v) is 14.5. The Balaban J connectivity index is 1.60. The summed E-state index contributed by atoms with van der Waals surface area (Å²) in [5.74, 6) is 1.44. The van der Waals surface area contributed by atoms with Crippen LogP contribution in [-0.4, -0.2) is 16.3 Å². The number of phenolic OH excluding ortho intramolecular Hbond substituents is 1. The minimum Gasteiger partial charge on any atom is -0.505 e. The first-order valence-corrected chi connectivity index (χ1v) is 8.61. The van der Waals surface area contributed by atoms with E-state index in [0.717, 1.165) is 29.9 Å². The molecule has 1 heterocycles. The highest BCUT2D eigenvalue weighted by Crippen LogP contribution is 2.33. The van der Waals surface area contributed by atoms with Gasteiger partial charge in [-0.15, -0.1) is 0 Å². The summed E-state index contributed by atoms with van der Waals surface area (Å²) >= 11 is 11.9. The van der Waals surface area contributed by atoms with E-state index in [1.54, 1.807) is 12.1 Å². The van der Waals surface area contributed by atoms with Gasteiger partial charge in [0.25, 0.3) is 0 Å². The second-order valence-corrected chi connectivity index (χ2v) is 7.04. The zero-order valence-electron chi connectivity index (χ0n) is 13.0. The number of aromatic hydroxyl groups is 1. The number of aryl methyl sites for hydroxylation is 1. The normalized spacial score (nSPS) is 21.0. The maximum Gasteiger partial charge on any atom is 0.152 e. The lowest BCUT2D eigenvalue weighted by Gasteiger charge is -2.20. The van der Waals surface area contributed by atoms with Crippen LogP contribution in [0.1, 0.15) is 36.3 Å². The van der Waals surface area contributed by atoms with Crippen LogP contribution in [0.4, 0.5) is 0 Å². The molecule has 0 aliphatic heterocycles. The van der Waals surface area contributed by atoms with E-state index in [1.165, 1.54) is 12.8 Å². The van der Waals surface area contributed by atoms with Crippen LogP contribution in [0.2, 0.25) is 10.0 Å². The smallest absolute Gasteiger partial charge is 0.152 e. The van der Waals surface area contributed by atoms with E-state index in [9.17, 15) is 5.11 Å². The second kappa shape index (κ2) is 7.12. The SMILES string of the molecule is Cc1cc(C[C@@H]2CCC[C@H]2NCc2cc(Cl)c(O)c(Cl)c2)on1. The van der Waals surface area contributed by atoms with Crippen LogP contribution >= 0.6 is 23.2 Å². The van der Waals surface area contributed by atoms with Crippen molar-refractivity contribution in [1.82, 2.24) is 10.5 Å². The van der Waals surface area contributed by atoms with Gasteiger partial charge in [-0.1, -0.05) is 34.8 Å². The monoisotopic (exact) mass is 354 g/mol. The topological polar surface area (TPSA) is 58.3 Å². The fourth-order valence-electron chi connectivity index (χ4n) is 3.29. The Bertz CT molecular complexity index is 664. The Morgan fingerprint density at radius 2 is 2.00 bits per heavy atom. The number of nitrogens with one attached hydrogen (secondary N) is 1. The lowest BCUT2D eigenvalue weighted by Crippen LogP contribution is -2.32. The maximum atomic E-state index is 9.62. The van der Waals surface area contributed by atoms with Crippen molar-refractivity contribution in [3.63, 3.8) is 0 Å². The van der Waals surface area contributed by atoms with Crippen molar-refractivity contribution < 1.29 is 9.63 Å². The molecule has 0 saturated heterocycles. The summed E-state index contributed by atoms with van der Waals surface area (Å²) in [5.41, 5.74) is 1.90. The van der Waals surface area contributed by atoms with E-state index in [1.807, 2.05) is 13.0 Å². The van der Waals surface area contributed by atoms with Crippen molar-refractivity contribution in [3.8, 4) is 5.75 Å². The molecule has 0 radical (unpaired) electrons. The molecule has 1 aliphatic carbocycles. The molecule has 2 aromatic rings. The average Bonchev–Trinajstić information content (AvgIpc) is 3.12. The number of aromatic nitrogens is 1. The molecule has 124 valence electrons. The van der Waals surface area contributed by atoms with Crippen LogP contribution in [0.3, 0.4) is 0 Å². The molecule has 3 rings (SSSR count). The van der Waals surface area contributed by atoms with Gasteiger partial charge in [0.15, 0.2) is 5.75 Å². The van der Waals surface area contributed by atoms with Crippen molar-refractivity contribution in [2.45, 2.75) is 45.2 Å². The van der Waals surface area contributed by atoms with Crippen molar-refractivity contribution in [2.24, 2.45) is 5.92 Å². The molecule has 1 fully saturated rings. The molecular formula is C17H20Cl2N2O2. The molecule has 0 unspecified atom stereocenters. The van der Waals surface area contributed by atoms with Crippen molar-refractivity contribution in [2.75, 3.05) is 0 Å². The van der Waals surface area contributed by atoms with Crippen LogP contribution in [0.25, 0.3) is 0 Å². The van der Waals surface area contributed by atoms with Crippen molar-refractivity contribution in [1.29, 1.82) is 0 Å². The van der Waals surface area contributed by atoms with Crippen LogP contribution < -0.4 is 5.32 Å². The molecule has 1 aromatic heterocycles. The molecule has 0 bridgehead atoms. The Kier molecular flexibility index (Phi) is 5.14. The Labute approximate surface area is 145 Å². The van der Waals surface area contributed by atoms with E-state index in [2.05, 4.69) is 10.5 Å². The molecule has 2 N–H and O–H groups in total. The first-order valence-electron chi connectivity index (χ1n) is 7.85. The highest BCUT2D eigenvalue weighted by molar-refractivity contribution is 6.37. The molecule has 1 saturated carbocycles. The zero-order chi connectivity index (χ0) is 16.4. The third kappa shape index (κ3) is 4.00. The second-order valence-electron chi connectivity index (χ2n) is 6.23. The first kappa shape index (κ1) is 16.6. The Hall–Kier alpha value is -1.23.